The van der Waals surface area contributed by atoms with Gasteiger partial charge >= 0.3 is 6.09 Å². The number of sulfonamides is 1. The van der Waals surface area contributed by atoms with Crippen LogP contribution in [0.2, 0.25) is 10.0 Å². The molecule has 0 saturated carbocycles. The zero-order valence-corrected chi connectivity index (χ0v) is 19.4. The van der Waals surface area contributed by atoms with E-state index in [1.807, 2.05) is 6.07 Å². The monoisotopic (exact) mass is 466 g/mol. The molecule has 164 valence electrons. The van der Waals surface area contributed by atoms with Crippen LogP contribution in [0.15, 0.2) is 18.2 Å². The first-order chi connectivity index (χ1) is 13.4. The molecule has 0 aromatic heterocycles. The van der Waals surface area contributed by atoms with Crippen LogP contribution in [0, 0.1) is 0 Å². The molecule has 1 aromatic rings. The quantitative estimate of drug-likeness (QED) is 0.715. The third-order valence-corrected chi connectivity index (χ3v) is 6.57. The van der Waals surface area contributed by atoms with Gasteiger partial charge in [0.2, 0.25) is 10.0 Å². The molecule has 2 atom stereocenters. The van der Waals surface area contributed by atoms with Crippen LogP contribution in [0.1, 0.15) is 39.2 Å². The van der Waals surface area contributed by atoms with Crippen molar-refractivity contribution in [3.63, 3.8) is 0 Å². The Kier molecular flexibility index (Phi) is 8.21. The van der Waals surface area contributed by atoms with Crippen molar-refractivity contribution in [2.24, 2.45) is 0 Å². The van der Waals surface area contributed by atoms with Gasteiger partial charge in [-0.05, 0) is 45.4 Å². The van der Waals surface area contributed by atoms with Gasteiger partial charge in [-0.3, -0.25) is 0 Å². The average Bonchev–Trinajstić information content (AvgIpc) is 2.84. The lowest BCUT2D eigenvalue weighted by atomic mass is 9.93. The molecule has 7 nitrogen and oxygen atoms in total. The fourth-order valence-electron chi connectivity index (χ4n) is 2.94. The maximum absolute atomic E-state index is 12.6. The number of ether oxygens (including phenoxy) is 2. The van der Waals surface area contributed by atoms with Crippen LogP contribution >= 0.6 is 23.2 Å². The molecule has 1 aliphatic heterocycles. The highest BCUT2D eigenvalue weighted by Gasteiger charge is 2.34. The number of nitrogens with one attached hydrogen (secondary N) is 1. The topological polar surface area (TPSA) is 84.9 Å². The number of rotatable bonds is 5. The second-order valence-corrected chi connectivity index (χ2v) is 10.8. The predicted molar refractivity (Wildman–Crippen MR) is 114 cm³/mol. The Hall–Kier alpha value is -1.06. The van der Waals surface area contributed by atoms with E-state index in [2.05, 4.69) is 4.72 Å². The Bertz CT molecular complexity index is 826. The van der Waals surface area contributed by atoms with E-state index in [1.165, 1.54) is 0 Å². The zero-order valence-electron chi connectivity index (χ0n) is 17.1. The van der Waals surface area contributed by atoms with Crippen LogP contribution in [0.25, 0.3) is 0 Å². The standard InChI is InChI=1S/C19H28Cl2N2O5S/c1-5-29(25,26)22-11-17-14(13-6-7-15(20)16(21)10-13)12-23(8-9-27-17)18(24)28-19(2,3)4/h6-7,10,14,17,22H,5,8-9,11-12H2,1-4H3. The number of hydrogen-bond acceptors (Lipinski definition) is 5. The number of benzene rings is 1. The molecule has 1 N–H and O–H groups in total. The molecule has 1 saturated heterocycles. The van der Waals surface area contributed by atoms with Crippen molar-refractivity contribution in [1.82, 2.24) is 9.62 Å². The van der Waals surface area contributed by atoms with Crippen molar-refractivity contribution in [3.8, 4) is 0 Å². The molecule has 1 aromatic carbocycles. The van der Waals surface area contributed by atoms with Gasteiger partial charge in [0, 0.05) is 25.6 Å². The second kappa shape index (κ2) is 9.83. The third-order valence-electron chi connectivity index (χ3n) is 4.47. The van der Waals surface area contributed by atoms with Gasteiger partial charge in [0.15, 0.2) is 0 Å². The van der Waals surface area contributed by atoms with Crippen LogP contribution in [-0.4, -0.2) is 63.1 Å². The molecule has 2 unspecified atom stereocenters. The summed E-state index contributed by atoms with van der Waals surface area (Å²) in [5.74, 6) is -0.347. The Labute approximate surface area is 182 Å². The van der Waals surface area contributed by atoms with Gasteiger partial charge in [-0.25, -0.2) is 17.9 Å². The third kappa shape index (κ3) is 7.29. The normalized spacial score (nSPS) is 21.0. The number of carbonyl (C=O) groups is 1. The SMILES string of the molecule is CCS(=O)(=O)NCC1OCCN(C(=O)OC(C)(C)C)CC1c1ccc(Cl)c(Cl)c1. The summed E-state index contributed by atoms with van der Waals surface area (Å²) in [6.45, 7) is 7.96. The molecular weight excluding hydrogens is 439 g/mol. The van der Waals surface area contributed by atoms with E-state index in [0.29, 0.717) is 23.1 Å². The number of halogens is 2. The van der Waals surface area contributed by atoms with Crippen molar-refractivity contribution < 1.29 is 22.7 Å². The summed E-state index contributed by atoms with van der Waals surface area (Å²) < 4.78 is 37.8. The largest absolute Gasteiger partial charge is 0.444 e. The second-order valence-electron chi connectivity index (χ2n) is 7.87. The lowest BCUT2D eigenvalue weighted by Crippen LogP contribution is -2.42. The lowest BCUT2D eigenvalue weighted by Gasteiger charge is -2.30. The number of amides is 1. The van der Waals surface area contributed by atoms with Gasteiger partial charge < -0.3 is 14.4 Å². The summed E-state index contributed by atoms with van der Waals surface area (Å²) in [5, 5.41) is 0.794. The minimum Gasteiger partial charge on any atom is -0.444 e. The van der Waals surface area contributed by atoms with Crippen LogP contribution in [0.3, 0.4) is 0 Å². The van der Waals surface area contributed by atoms with Gasteiger partial charge in [-0.15, -0.1) is 0 Å². The summed E-state index contributed by atoms with van der Waals surface area (Å²) in [4.78, 5) is 14.2. The van der Waals surface area contributed by atoms with Crippen LogP contribution in [0.5, 0.6) is 0 Å². The molecule has 29 heavy (non-hydrogen) atoms. The minimum atomic E-state index is -3.39. The van der Waals surface area contributed by atoms with Crippen LogP contribution < -0.4 is 4.72 Å². The van der Waals surface area contributed by atoms with Crippen molar-refractivity contribution >= 4 is 39.3 Å². The van der Waals surface area contributed by atoms with E-state index >= 15 is 0 Å². The summed E-state index contributed by atoms with van der Waals surface area (Å²) in [5.41, 5.74) is 0.176. The van der Waals surface area contributed by atoms with Crippen LogP contribution in [-0.2, 0) is 19.5 Å². The van der Waals surface area contributed by atoms with E-state index < -0.39 is 27.8 Å². The molecule has 0 spiro atoms. The lowest BCUT2D eigenvalue weighted by molar-refractivity contribution is 0.0233. The highest BCUT2D eigenvalue weighted by Crippen LogP contribution is 2.31. The fraction of sp³-hybridized carbons (Fsp3) is 0.632. The minimum absolute atomic E-state index is 0.0266. The van der Waals surface area contributed by atoms with Crippen molar-refractivity contribution in [2.75, 3.05) is 32.0 Å². The smallest absolute Gasteiger partial charge is 0.410 e. The Balaban J connectivity index is 2.30. The number of carbonyl (C=O) groups excluding carboxylic acids is 1. The molecule has 1 amide bonds. The van der Waals surface area contributed by atoms with Crippen molar-refractivity contribution in [2.45, 2.75) is 45.3 Å². The maximum Gasteiger partial charge on any atom is 0.410 e. The highest BCUT2D eigenvalue weighted by molar-refractivity contribution is 7.89. The summed E-state index contributed by atoms with van der Waals surface area (Å²) in [7, 11) is -3.39. The van der Waals surface area contributed by atoms with Crippen LogP contribution in [0.4, 0.5) is 4.79 Å². The van der Waals surface area contributed by atoms with Crippen molar-refractivity contribution in [1.29, 1.82) is 0 Å². The molecule has 1 heterocycles. The van der Waals surface area contributed by atoms with E-state index in [9.17, 15) is 13.2 Å². The van der Waals surface area contributed by atoms with E-state index in [4.69, 9.17) is 32.7 Å². The molecule has 0 bridgehead atoms. The maximum atomic E-state index is 12.6. The van der Waals surface area contributed by atoms with Crippen molar-refractivity contribution in [3.05, 3.63) is 33.8 Å². The van der Waals surface area contributed by atoms with Gasteiger partial charge in [0.25, 0.3) is 0 Å². The molecule has 1 aliphatic rings. The first-order valence-electron chi connectivity index (χ1n) is 9.43. The molecule has 2 rings (SSSR count). The predicted octanol–water partition coefficient (Wildman–Crippen LogP) is 3.65. The molecular formula is C19H28Cl2N2O5S. The zero-order chi connectivity index (χ0) is 21.8. The van der Waals surface area contributed by atoms with Gasteiger partial charge in [-0.2, -0.15) is 0 Å². The number of hydrogen-bond donors (Lipinski definition) is 1. The molecule has 0 radical (unpaired) electrons. The highest BCUT2D eigenvalue weighted by atomic mass is 35.5. The van der Waals surface area contributed by atoms with E-state index in [0.717, 1.165) is 5.56 Å². The summed E-state index contributed by atoms with van der Waals surface area (Å²) in [6, 6.07) is 5.20. The number of nitrogens with zero attached hydrogens (tertiary/aromatic N) is 1. The fourth-order valence-corrected chi connectivity index (χ4v) is 3.87. The molecule has 0 aliphatic carbocycles. The van der Waals surface area contributed by atoms with Gasteiger partial charge in [0.1, 0.15) is 5.60 Å². The van der Waals surface area contributed by atoms with Gasteiger partial charge in [-0.1, -0.05) is 29.3 Å². The Morgan fingerprint density at radius 3 is 2.59 bits per heavy atom. The Morgan fingerprint density at radius 2 is 2.00 bits per heavy atom. The first-order valence-corrected chi connectivity index (χ1v) is 11.8. The van der Waals surface area contributed by atoms with E-state index in [-0.39, 0.29) is 24.8 Å². The summed E-state index contributed by atoms with van der Waals surface area (Å²) in [6.07, 6.45) is -0.929. The molecule has 1 fully saturated rings. The summed E-state index contributed by atoms with van der Waals surface area (Å²) >= 11 is 12.2. The Morgan fingerprint density at radius 1 is 1.31 bits per heavy atom. The van der Waals surface area contributed by atoms with E-state index in [1.54, 1.807) is 44.7 Å². The molecule has 10 heteroatoms. The average molecular weight is 467 g/mol. The van der Waals surface area contributed by atoms with Gasteiger partial charge in [0.05, 0.1) is 28.5 Å². The first kappa shape index (κ1) is 24.2.